The summed E-state index contributed by atoms with van der Waals surface area (Å²) in [5, 5.41) is 7.74. The first-order valence-electron chi connectivity index (χ1n) is 10.8. The third-order valence-electron chi connectivity index (χ3n) is 6.16. The summed E-state index contributed by atoms with van der Waals surface area (Å²) < 4.78 is 8.97. The van der Waals surface area contributed by atoms with Gasteiger partial charge in [-0.1, -0.05) is 15.9 Å². The van der Waals surface area contributed by atoms with E-state index in [-0.39, 0.29) is 12.0 Å². The number of ether oxygens (including phenoxy) is 1. The minimum absolute atomic E-state index is 0.137. The highest BCUT2D eigenvalue weighted by Gasteiger charge is 2.33. The number of benzene rings is 1. The molecule has 0 radical (unpaired) electrons. The zero-order valence-corrected chi connectivity index (χ0v) is 19.8. The first-order valence-corrected chi connectivity index (χ1v) is 11.6. The van der Waals surface area contributed by atoms with Gasteiger partial charge in [0.25, 0.3) is 5.91 Å². The second-order valence-electron chi connectivity index (χ2n) is 8.46. The predicted octanol–water partition coefficient (Wildman–Crippen LogP) is 3.20. The molecule has 1 amide bonds. The van der Waals surface area contributed by atoms with Crippen molar-refractivity contribution in [3.05, 3.63) is 52.3 Å². The van der Waals surface area contributed by atoms with Crippen molar-refractivity contribution in [2.24, 2.45) is 12.0 Å². The van der Waals surface area contributed by atoms with E-state index in [2.05, 4.69) is 36.2 Å². The van der Waals surface area contributed by atoms with Gasteiger partial charge in [-0.25, -0.2) is 0 Å². The molecule has 4 aliphatic heterocycles. The number of pyridine rings is 1. The van der Waals surface area contributed by atoms with Crippen LogP contribution in [0, 0.1) is 6.92 Å². The fourth-order valence-corrected chi connectivity index (χ4v) is 4.90. The molecule has 2 aromatic heterocycles. The highest BCUT2D eigenvalue weighted by Crippen LogP contribution is 2.36. The molecule has 4 aliphatic rings. The molecule has 1 saturated heterocycles. The molecule has 1 N–H and O–H groups in total. The summed E-state index contributed by atoms with van der Waals surface area (Å²) in [6.07, 6.45) is 1.94. The van der Waals surface area contributed by atoms with E-state index in [1.165, 1.54) is 0 Å². The number of aliphatic imine (C=N–C) groups is 1. The largest absolute Gasteiger partial charge is 0.373 e. The Labute approximate surface area is 199 Å². The molecule has 6 heterocycles. The number of rotatable bonds is 0. The smallest absolute Gasteiger partial charge is 0.280 e. The van der Waals surface area contributed by atoms with Gasteiger partial charge in [0, 0.05) is 42.4 Å². The van der Waals surface area contributed by atoms with Crippen LogP contribution in [-0.2, 0) is 11.8 Å². The molecule has 0 spiro atoms. The Morgan fingerprint density at radius 1 is 1.21 bits per heavy atom. The molecule has 1 aromatic carbocycles. The number of hydrogen-bond acceptors (Lipinski definition) is 7. The van der Waals surface area contributed by atoms with E-state index in [0.29, 0.717) is 30.4 Å². The van der Waals surface area contributed by atoms with Gasteiger partial charge >= 0.3 is 0 Å². The van der Waals surface area contributed by atoms with Crippen LogP contribution in [0.15, 0.2) is 46.0 Å². The molecule has 0 aliphatic carbocycles. The average molecular weight is 508 g/mol. The Morgan fingerprint density at radius 2 is 2.06 bits per heavy atom. The molecular formula is C23H22BrN7O2. The van der Waals surface area contributed by atoms with Crippen LogP contribution in [0.3, 0.4) is 0 Å². The number of guanidine groups is 1. The third-order valence-corrected chi connectivity index (χ3v) is 6.65. The molecule has 7 rings (SSSR count). The highest BCUT2D eigenvalue weighted by atomic mass is 79.9. The number of amides is 1. The van der Waals surface area contributed by atoms with E-state index in [0.717, 1.165) is 46.0 Å². The first-order chi connectivity index (χ1) is 16.0. The van der Waals surface area contributed by atoms with Crippen LogP contribution >= 0.6 is 15.9 Å². The van der Waals surface area contributed by atoms with Gasteiger partial charge in [-0.3, -0.25) is 14.5 Å². The zero-order valence-electron chi connectivity index (χ0n) is 18.2. The zero-order chi connectivity index (χ0) is 22.7. The average Bonchev–Trinajstić information content (AvgIpc) is 3.28. The van der Waals surface area contributed by atoms with Crippen molar-refractivity contribution in [1.29, 1.82) is 0 Å². The van der Waals surface area contributed by atoms with Crippen molar-refractivity contribution in [1.82, 2.24) is 14.8 Å². The minimum Gasteiger partial charge on any atom is -0.373 e. The van der Waals surface area contributed by atoms with Gasteiger partial charge in [0.15, 0.2) is 0 Å². The predicted molar refractivity (Wildman–Crippen MR) is 130 cm³/mol. The standard InChI is InChI=1S/C23H22BrN7O2/c1-13-7-14-8-19(26-13)17-10-25-29(2)22(17)30-11-16(12-30)33-6-5-31-20-9-15(24)3-4-18(20)27-23(31)28-21(14)32/h3-4,7-10,16H,5-6,11-12H2,1-2H3,(H,27,28,32). The van der Waals surface area contributed by atoms with Gasteiger partial charge in [-0.05, 0) is 37.3 Å². The Kier molecular flexibility index (Phi) is 4.73. The molecule has 10 heteroatoms. The Balaban J connectivity index is 1.46. The van der Waals surface area contributed by atoms with Crippen LogP contribution in [0.4, 0.5) is 17.2 Å². The van der Waals surface area contributed by atoms with E-state index < -0.39 is 0 Å². The number of halogens is 1. The lowest BCUT2D eigenvalue weighted by molar-refractivity contribution is 0.0390. The summed E-state index contributed by atoms with van der Waals surface area (Å²) >= 11 is 3.55. The van der Waals surface area contributed by atoms with Gasteiger partial charge in [0.05, 0.1) is 41.5 Å². The summed E-state index contributed by atoms with van der Waals surface area (Å²) in [6, 6.07) is 9.53. The van der Waals surface area contributed by atoms with Gasteiger partial charge in [0.1, 0.15) is 5.82 Å². The number of hydrogen-bond donors (Lipinski definition) is 1. The number of aryl methyl sites for hydroxylation is 2. The van der Waals surface area contributed by atoms with E-state index in [1.807, 2.05) is 41.8 Å². The molecule has 3 aromatic rings. The summed E-state index contributed by atoms with van der Waals surface area (Å²) in [4.78, 5) is 26.7. The number of aromatic nitrogens is 3. The fraction of sp³-hybridized carbons (Fsp3) is 0.304. The molecule has 0 saturated carbocycles. The van der Waals surface area contributed by atoms with Gasteiger partial charge in [0.2, 0.25) is 5.96 Å². The quantitative estimate of drug-likeness (QED) is 0.499. The number of nitrogens with one attached hydrogen (secondary N) is 1. The lowest BCUT2D eigenvalue weighted by Gasteiger charge is -2.41. The van der Waals surface area contributed by atoms with Crippen molar-refractivity contribution in [2.75, 3.05) is 41.4 Å². The maximum atomic E-state index is 13.3. The number of carbonyl (C=O) groups is 1. The van der Waals surface area contributed by atoms with E-state index in [4.69, 9.17) is 9.72 Å². The summed E-state index contributed by atoms with van der Waals surface area (Å²) in [5.74, 6) is 1.15. The molecule has 1 fully saturated rings. The lowest BCUT2D eigenvalue weighted by Crippen LogP contribution is -2.53. The fourth-order valence-electron chi connectivity index (χ4n) is 4.56. The van der Waals surface area contributed by atoms with Gasteiger partial charge < -0.3 is 19.9 Å². The monoisotopic (exact) mass is 507 g/mol. The summed E-state index contributed by atoms with van der Waals surface area (Å²) in [5.41, 5.74) is 4.73. The van der Waals surface area contributed by atoms with Crippen LogP contribution < -0.4 is 15.1 Å². The van der Waals surface area contributed by atoms with E-state index in [9.17, 15) is 4.79 Å². The Hall–Kier alpha value is -3.24. The first kappa shape index (κ1) is 20.4. The second-order valence-corrected chi connectivity index (χ2v) is 9.38. The van der Waals surface area contributed by atoms with Crippen LogP contribution in [0.1, 0.15) is 16.1 Å². The van der Waals surface area contributed by atoms with E-state index in [1.54, 1.807) is 18.3 Å². The number of carbonyl (C=O) groups excluding carboxylic acids is 1. The lowest BCUT2D eigenvalue weighted by atomic mass is 10.1. The molecular weight excluding hydrogens is 486 g/mol. The normalized spacial score (nSPS) is 19.4. The molecule has 33 heavy (non-hydrogen) atoms. The number of fused-ring (bicyclic) bond motifs is 4. The Morgan fingerprint density at radius 3 is 2.91 bits per heavy atom. The van der Waals surface area contributed by atoms with Crippen molar-refractivity contribution in [3.8, 4) is 11.3 Å². The summed E-state index contributed by atoms with van der Waals surface area (Å²) in [6.45, 7) is 4.55. The van der Waals surface area contributed by atoms with Crippen molar-refractivity contribution in [3.63, 3.8) is 0 Å². The molecule has 0 unspecified atom stereocenters. The second kappa shape index (κ2) is 7.67. The van der Waals surface area contributed by atoms with Gasteiger partial charge in [-0.2, -0.15) is 10.1 Å². The molecule has 168 valence electrons. The topological polar surface area (TPSA) is 87.9 Å². The minimum atomic E-state index is -0.327. The maximum Gasteiger partial charge on any atom is 0.280 e. The third kappa shape index (κ3) is 3.50. The van der Waals surface area contributed by atoms with Crippen LogP contribution in [0.2, 0.25) is 0 Å². The number of anilines is 3. The maximum absolute atomic E-state index is 13.3. The molecule has 4 bridgehead atoms. The van der Waals surface area contributed by atoms with Crippen LogP contribution in [-0.4, -0.2) is 59.0 Å². The van der Waals surface area contributed by atoms with Crippen molar-refractivity contribution < 1.29 is 9.53 Å². The summed E-state index contributed by atoms with van der Waals surface area (Å²) in [7, 11) is 1.92. The van der Waals surface area contributed by atoms with Crippen molar-refractivity contribution in [2.45, 2.75) is 13.0 Å². The van der Waals surface area contributed by atoms with Crippen LogP contribution in [0.25, 0.3) is 11.3 Å². The van der Waals surface area contributed by atoms with E-state index >= 15 is 0 Å². The molecule has 9 nitrogen and oxygen atoms in total. The molecule has 0 atom stereocenters. The van der Waals surface area contributed by atoms with Crippen molar-refractivity contribution >= 4 is 45.0 Å². The highest BCUT2D eigenvalue weighted by molar-refractivity contribution is 9.10. The number of nitrogens with zero attached hydrogens (tertiary/aromatic N) is 6. The Bertz CT molecular complexity index is 1310. The van der Waals surface area contributed by atoms with Crippen LogP contribution in [0.5, 0.6) is 0 Å². The van der Waals surface area contributed by atoms with Gasteiger partial charge in [-0.15, -0.1) is 0 Å². The SMILES string of the molecule is Cc1cc2cc(n1)-c1cnn(C)c1N1CC(C1)OCCN1/C(=N\C2=O)Nc2ccc(Br)cc21.